The molecule has 0 aliphatic heterocycles. The predicted molar refractivity (Wildman–Crippen MR) is 95.9 cm³/mol. The maximum Gasteiger partial charge on any atom is 0.152 e. The third kappa shape index (κ3) is 3.18. The van der Waals surface area contributed by atoms with Crippen LogP contribution in [-0.4, -0.2) is 11.3 Å². The maximum absolute atomic E-state index is 11.3. The lowest BCUT2D eigenvalue weighted by Crippen LogP contribution is -1.94. The Balaban J connectivity index is 2.12. The molecule has 0 amide bonds. The van der Waals surface area contributed by atoms with E-state index in [9.17, 15) is 4.79 Å². The Bertz CT molecular complexity index is 811. The molecule has 0 saturated heterocycles. The summed E-state index contributed by atoms with van der Waals surface area (Å²) in [5, 5.41) is 0. The molecule has 22 heavy (non-hydrogen) atoms. The third-order valence-corrected chi connectivity index (χ3v) is 4.37. The highest BCUT2D eigenvalue weighted by Crippen LogP contribution is 2.27. The van der Waals surface area contributed by atoms with Gasteiger partial charge in [0.2, 0.25) is 0 Å². The molecular weight excluding hydrogens is 406 g/mol. The summed E-state index contributed by atoms with van der Waals surface area (Å²) in [6.07, 6.45) is 0.843. The van der Waals surface area contributed by atoms with E-state index >= 15 is 0 Å². The highest BCUT2D eigenvalue weighted by Gasteiger charge is 2.09. The van der Waals surface area contributed by atoms with Crippen LogP contribution < -0.4 is 0 Å². The van der Waals surface area contributed by atoms with Crippen LogP contribution in [0.4, 0.5) is 0 Å². The average molecular weight is 417 g/mol. The van der Waals surface area contributed by atoms with Crippen LogP contribution >= 0.6 is 31.9 Å². The highest BCUT2D eigenvalue weighted by atomic mass is 79.9. The first-order valence-electron chi connectivity index (χ1n) is 6.65. The van der Waals surface area contributed by atoms with Crippen LogP contribution in [-0.2, 0) is 0 Å². The van der Waals surface area contributed by atoms with E-state index in [-0.39, 0.29) is 0 Å². The smallest absolute Gasteiger partial charge is 0.152 e. The van der Waals surface area contributed by atoms with Crippen molar-refractivity contribution in [1.82, 2.24) is 4.98 Å². The molecule has 0 N–H and O–H groups in total. The van der Waals surface area contributed by atoms with Gasteiger partial charge in [-0.05, 0) is 36.4 Å². The molecule has 0 aliphatic rings. The number of carbonyl (C=O) groups is 1. The molecule has 0 unspecified atom stereocenters. The van der Waals surface area contributed by atoms with Crippen molar-refractivity contribution in [1.29, 1.82) is 0 Å². The van der Waals surface area contributed by atoms with Crippen LogP contribution in [0.15, 0.2) is 69.6 Å². The molecular formula is C18H11Br2NO. The molecule has 108 valence electrons. The number of nitrogens with zero attached hydrogens (tertiary/aromatic N) is 1. The molecule has 3 rings (SSSR count). The molecule has 0 fully saturated rings. The number of hydrogen-bond acceptors (Lipinski definition) is 2. The molecule has 1 heterocycles. The fraction of sp³-hybridized carbons (Fsp3) is 0. The molecule has 2 nitrogen and oxygen atoms in total. The highest BCUT2D eigenvalue weighted by molar-refractivity contribution is 9.10. The largest absolute Gasteiger partial charge is 0.298 e. The van der Waals surface area contributed by atoms with Crippen LogP contribution in [0.1, 0.15) is 10.4 Å². The van der Waals surface area contributed by atoms with Crippen molar-refractivity contribution >= 4 is 38.1 Å². The number of aromatic nitrogens is 1. The fourth-order valence-electron chi connectivity index (χ4n) is 2.19. The Hall–Kier alpha value is -1.78. The van der Waals surface area contributed by atoms with Gasteiger partial charge in [0.05, 0.1) is 11.4 Å². The number of rotatable bonds is 3. The summed E-state index contributed by atoms with van der Waals surface area (Å²) >= 11 is 6.84. The fourth-order valence-corrected chi connectivity index (χ4v) is 2.71. The molecule has 0 radical (unpaired) electrons. The number of hydrogen-bond donors (Lipinski definition) is 0. The Morgan fingerprint density at radius 3 is 1.82 bits per heavy atom. The predicted octanol–water partition coefficient (Wildman–Crippen LogP) is 5.75. The lowest BCUT2D eigenvalue weighted by atomic mass is 10.0. The van der Waals surface area contributed by atoms with Crippen LogP contribution in [0, 0.1) is 0 Å². The van der Waals surface area contributed by atoms with Gasteiger partial charge in [-0.15, -0.1) is 0 Å². The lowest BCUT2D eigenvalue weighted by Gasteiger charge is -2.08. The second kappa shape index (κ2) is 6.55. The van der Waals surface area contributed by atoms with Gasteiger partial charge in [0.1, 0.15) is 0 Å². The summed E-state index contributed by atoms with van der Waals surface area (Å²) in [6, 6.07) is 19.4. The first-order chi connectivity index (χ1) is 10.7. The minimum atomic E-state index is 0.586. The van der Waals surface area contributed by atoms with Gasteiger partial charge in [0.25, 0.3) is 0 Å². The van der Waals surface area contributed by atoms with Crippen molar-refractivity contribution in [3.8, 4) is 22.5 Å². The Morgan fingerprint density at radius 1 is 0.727 bits per heavy atom. The van der Waals surface area contributed by atoms with Crippen molar-refractivity contribution < 1.29 is 4.79 Å². The topological polar surface area (TPSA) is 30.0 Å². The van der Waals surface area contributed by atoms with E-state index in [1.54, 1.807) is 0 Å². The maximum atomic E-state index is 11.3. The van der Waals surface area contributed by atoms with E-state index in [1.165, 1.54) is 0 Å². The van der Waals surface area contributed by atoms with E-state index in [2.05, 4.69) is 36.8 Å². The Morgan fingerprint density at radius 2 is 1.27 bits per heavy atom. The van der Waals surface area contributed by atoms with E-state index < -0.39 is 0 Å². The minimum Gasteiger partial charge on any atom is -0.298 e. The minimum absolute atomic E-state index is 0.586. The molecule has 0 aliphatic carbocycles. The summed E-state index contributed by atoms with van der Waals surface area (Å²) in [5.74, 6) is 0. The van der Waals surface area contributed by atoms with Gasteiger partial charge in [0.15, 0.2) is 6.29 Å². The lowest BCUT2D eigenvalue weighted by molar-refractivity contribution is 0.112. The first-order valence-corrected chi connectivity index (χ1v) is 8.24. The molecule has 4 heteroatoms. The Labute approximate surface area is 145 Å². The Kier molecular flexibility index (Phi) is 4.50. The molecule has 1 aromatic heterocycles. The molecule has 3 aromatic rings. The molecule has 0 spiro atoms. The number of carbonyl (C=O) groups excluding carboxylic acids is 1. The van der Waals surface area contributed by atoms with Crippen LogP contribution in [0.3, 0.4) is 0 Å². The van der Waals surface area contributed by atoms with Gasteiger partial charge in [-0.2, -0.15) is 0 Å². The van der Waals surface area contributed by atoms with E-state index in [1.807, 2.05) is 60.7 Å². The van der Waals surface area contributed by atoms with E-state index in [0.29, 0.717) is 11.3 Å². The summed E-state index contributed by atoms with van der Waals surface area (Å²) in [5.41, 5.74) is 4.06. The van der Waals surface area contributed by atoms with Crippen molar-refractivity contribution in [2.75, 3.05) is 0 Å². The number of halogens is 2. The zero-order chi connectivity index (χ0) is 15.5. The monoisotopic (exact) mass is 415 g/mol. The summed E-state index contributed by atoms with van der Waals surface area (Å²) in [4.78, 5) is 16.0. The number of benzene rings is 2. The van der Waals surface area contributed by atoms with Crippen molar-refractivity contribution in [3.63, 3.8) is 0 Å². The second-order valence-corrected chi connectivity index (χ2v) is 6.60. The SMILES string of the molecule is O=Cc1ccc(-c2ccc(Br)cc2)nc1-c1ccc(Br)cc1. The van der Waals surface area contributed by atoms with Gasteiger partial charge in [-0.25, -0.2) is 4.98 Å². The first kappa shape index (κ1) is 15.1. The normalized spacial score (nSPS) is 10.5. The van der Waals surface area contributed by atoms with E-state index in [4.69, 9.17) is 0 Å². The zero-order valence-corrected chi connectivity index (χ0v) is 14.6. The van der Waals surface area contributed by atoms with Crippen molar-refractivity contribution in [3.05, 3.63) is 75.2 Å². The standard InChI is InChI=1S/C18H11Br2NO/c19-15-6-1-12(2-7-15)17-10-5-14(11-22)18(21-17)13-3-8-16(20)9-4-13/h1-11H. The average Bonchev–Trinajstić information content (AvgIpc) is 2.56. The molecule has 0 atom stereocenters. The van der Waals surface area contributed by atoms with Gasteiger partial charge in [0, 0.05) is 25.6 Å². The van der Waals surface area contributed by atoms with E-state index in [0.717, 1.165) is 32.1 Å². The molecule has 0 bridgehead atoms. The van der Waals surface area contributed by atoms with Gasteiger partial charge in [-0.3, -0.25) is 4.79 Å². The molecule has 0 saturated carbocycles. The summed E-state index contributed by atoms with van der Waals surface area (Å²) in [6.45, 7) is 0. The zero-order valence-electron chi connectivity index (χ0n) is 11.5. The van der Waals surface area contributed by atoms with Crippen LogP contribution in [0.2, 0.25) is 0 Å². The quantitative estimate of drug-likeness (QED) is 0.508. The summed E-state index contributed by atoms with van der Waals surface area (Å²) < 4.78 is 2.02. The number of aldehydes is 1. The van der Waals surface area contributed by atoms with Crippen LogP contribution in [0.5, 0.6) is 0 Å². The second-order valence-electron chi connectivity index (χ2n) is 4.77. The van der Waals surface area contributed by atoms with Crippen molar-refractivity contribution in [2.24, 2.45) is 0 Å². The van der Waals surface area contributed by atoms with Crippen LogP contribution in [0.25, 0.3) is 22.5 Å². The number of pyridine rings is 1. The van der Waals surface area contributed by atoms with Gasteiger partial charge >= 0.3 is 0 Å². The third-order valence-electron chi connectivity index (χ3n) is 3.31. The molecule has 2 aromatic carbocycles. The van der Waals surface area contributed by atoms with Gasteiger partial charge < -0.3 is 0 Å². The summed E-state index contributed by atoms with van der Waals surface area (Å²) in [7, 11) is 0. The van der Waals surface area contributed by atoms with Gasteiger partial charge in [-0.1, -0.05) is 56.1 Å². The van der Waals surface area contributed by atoms with Crippen molar-refractivity contribution in [2.45, 2.75) is 0 Å².